The van der Waals surface area contributed by atoms with Crippen molar-refractivity contribution in [3.8, 4) is 0 Å². The van der Waals surface area contributed by atoms with Crippen LogP contribution in [-0.2, 0) is 0 Å². The molecular weight excluding hydrogens is 286 g/mol. The summed E-state index contributed by atoms with van der Waals surface area (Å²) in [5.74, 6) is 0. The van der Waals surface area contributed by atoms with Crippen LogP contribution in [0.5, 0.6) is 0 Å². The lowest BCUT2D eigenvalue weighted by Gasteiger charge is -2.36. The summed E-state index contributed by atoms with van der Waals surface area (Å²) >= 11 is 0. The highest BCUT2D eigenvalue weighted by Crippen LogP contribution is 2.24. The van der Waals surface area contributed by atoms with Crippen molar-refractivity contribution in [3.05, 3.63) is 41.1 Å². The van der Waals surface area contributed by atoms with Crippen LogP contribution in [0.15, 0.2) is 30.0 Å². The van der Waals surface area contributed by atoms with Gasteiger partial charge < -0.3 is 15.1 Å². The van der Waals surface area contributed by atoms with Crippen LogP contribution in [0.4, 0.5) is 10.5 Å². The zero-order valence-electron chi connectivity index (χ0n) is 14.3. The smallest absolute Gasteiger partial charge is 0.321 e. The number of urea groups is 1. The number of carbonyl (C=O) groups is 1. The molecule has 0 unspecified atom stereocenters. The fourth-order valence-electron chi connectivity index (χ4n) is 3.46. The maximum atomic E-state index is 12.3. The number of hydrogen-bond donors (Lipinski definition) is 1. The number of allylic oxidation sites excluding steroid dienone is 1. The quantitative estimate of drug-likeness (QED) is 0.905. The van der Waals surface area contributed by atoms with Gasteiger partial charge >= 0.3 is 6.03 Å². The lowest BCUT2D eigenvalue weighted by Crippen LogP contribution is -2.51. The van der Waals surface area contributed by atoms with Crippen molar-refractivity contribution in [2.75, 3.05) is 31.1 Å². The number of nitrogens with one attached hydrogen (secondary N) is 1. The molecule has 1 saturated carbocycles. The third-order valence-corrected chi connectivity index (χ3v) is 5.13. The first-order valence-corrected chi connectivity index (χ1v) is 8.69. The predicted octanol–water partition coefficient (Wildman–Crippen LogP) is 3.59. The van der Waals surface area contributed by atoms with Crippen molar-refractivity contribution in [3.63, 3.8) is 0 Å². The Kier molecular flexibility index (Phi) is 4.89. The van der Waals surface area contributed by atoms with Crippen LogP contribution in [-0.4, -0.2) is 37.1 Å². The topological polar surface area (TPSA) is 35.6 Å². The van der Waals surface area contributed by atoms with Crippen LogP contribution in [0.3, 0.4) is 0 Å². The Bertz CT molecular complexity index is 593. The summed E-state index contributed by atoms with van der Waals surface area (Å²) in [6.07, 6.45) is 6.74. The molecule has 1 N–H and O–H groups in total. The maximum absolute atomic E-state index is 12.3. The third kappa shape index (κ3) is 3.69. The van der Waals surface area contributed by atoms with Crippen molar-refractivity contribution >= 4 is 11.7 Å². The van der Waals surface area contributed by atoms with Gasteiger partial charge in [0.25, 0.3) is 0 Å². The van der Waals surface area contributed by atoms with Crippen molar-refractivity contribution < 1.29 is 4.79 Å². The van der Waals surface area contributed by atoms with Crippen molar-refractivity contribution in [2.24, 2.45) is 0 Å². The highest BCUT2D eigenvalue weighted by atomic mass is 16.2. The molecule has 124 valence electrons. The molecule has 2 aliphatic rings. The molecular formula is C19H27N3O. The Morgan fingerprint density at radius 3 is 2.48 bits per heavy atom. The fourth-order valence-corrected chi connectivity index (χ4v) is 3.46. The minimum absolute atomic E-state index is 0.0463. The molecule has 1 saturated heterocycles. The number of benzene rings is 1. The zero-order valence-corrected chi connectivity index (χ0v) is 14.3. The standard InChI is InChI=1S/C19H27N3O/c1-15-6-5-9-18(16(15)2)21-10-12-22(13-11-21)19(23)20-14-17-7-3-4-8-17/h5-6,9,14H,3-4,7-8,10-13H2,1-2H3,(H,20,23). The monoisotopic (exact) mass is 313 g/mol. The Hall–Kier alpha value is -1.97. The second-order valence-corrected chi connectivity index (χ2v) is 6.65. The van der Waals surface area contributed by atoms with Gasteiger partial charge in [-0.2, -0.15) is 0 Å². The van der Waals surface area contributed by atoms with Gasteiger partial charge in [-0.05, 0) is 56.7 Å². The van der Waals surface area contributed by atoms with Crippen LogP contribution >= 0.6 is 0 Å². The molecule has 1 heterocycles. The van der Waals surface area contributed by atoms with E-state index in [1.165, 1.54) is 35.2 Å². The van der Waals surface area contributed by atoms with Gasteiger partial charge in [-0.25, -0.2) is 4.79 Å². The molecule has 1 aromatic carbocycles. The van der Waals surface area contributed by atoms with E-state index in [-0.39, 0.29) is 6.03 Å². The molecule has 23 heavy (non-hydrogen) atoms. The molecule has 1 aliphatic carbocycles. The van der Waals surface area contributed by atoms with Crippen molar-refractivity contribution in [1.29, 1.82) is 0 Å². The number of rotatable bonds is 2. The Labute approximate surface area is 139 Å². The van der Waals surface area contributed by atoms with E-state index in [9.17, 15) is 4.79 Å². The zero-order chi connectivity index (χ0) is 16.2. The van der Waals surface area contributed by atoms with Crippen molar-refractivity contribution in [1.82, 2.24) is 10.2 Å². The summed E-state index contributed by atoms with van der Waals surface area (Å²) in [7, 11) is 0. The fraction of sp³-hybridized carbons (Fsp3) is 0.526. The molecule has 0 bridgehead atoms. The van der Waals surface area contributed by atoms with Gasteiger partial charge in [0.1, 0.15) is 0 Å². The average molecular weight is 313 g/mol. The van der Waals surface area contributed by atoms with Gasteiger partial charge in [-0.3, -0.25) is 0 Å². The van der Waals surface area contributed by atoms with E-state index in [0.717, 1.165) is 39.0 Å². The van der Waals surface area contributed by atoms with Crippen LogP contribution in [0.25, 0.3) is 0 Å². The highest BCUT2D eigenvalue weighted by molar-refractivity contribution is 5.75. The van der Waals surface area contributed by atoms with E-state index in [1.807, 2.05) is 11.1 Å². The highest BCUT2D eigenvalue weighted by Gasteiger charge is 2.22. The first kappa shape index (κ1) is 15.9. The van der Waals surface area contributed by atoms with Gasteiger partial charge in [0, 0.05) is 38.1 Å². The molecule has 0 spiro atoms. The average Bonchev–Trinajstić information content (AvgIpc) is 3.09. The van der Waals surface area contributed by atoms with Crippen LogP contribution < -0.4 is 10.2 Å². The number of piperazine rings is 1. The largest absolute Gasteiger partial charge is 0.368 e. The molecule has 1 aromatic rings. The number of amides is 2. The van der Waals surface area contributed by atoms with Crippen LogP contribution in [0.2, 0.25) is 0 Å². The molecule has 0 atom stereocenters. The second-order valence-electron chi connectivity index (χ2n) is 6.65. The second kappa shape index (κ2) is 7.07. The maximum Gasteiger partial charge on any atom is 0.321 e. The lowest BCUT2D eigenvalue weighted by atomic mass is 10.1. The van der Waals surface area contributed by atoms with E-state index in [1.54, 1.807) is 0 Å². The van der Waals surface area contributed by atoms with Gasteiger partial charge in [0.2, 0.25) is 0 Å². The predicted molar refractivity (Wildman–Crippen MR) is 94.8 cm³/mol. The van der Waals surface area contributed by atoms with Gasteiger partial charge in [-0.15, -0.1) is 0 Å². The van der Waals surface area contributed by atoms with Gasteiger partial charge in [-0.1, -0.05) is 17.7 Å². The summed E-state index contributed by atoms with van der Waals surface area (Å²) in [5.41, 5.74) is 5.35. The SMILES string of the molecule is Cc1cccc(N2CCN(C(=O)NC=C3CCCC3)CC2)c1C. The molecule has 4 nitrogen and oxygen atoms in total. The number of carbonyl (C=O) groups excluding carboxylic acids is 1. The molecule has 0 radical (unpaired) electrons. The van der Waals surface area contributed by atoms with E-state index in [2.05, 4.69) is 42.3 Å². The van der Waals surface area contributed by atoms with Crippen LogP contribution in [0, 0.1) is 13.8 Å². The normalized spacial score (nSPS) is 18.3. The lowest BCUT2D eigenvalue weighted by molar-refractivity contribution is 0.198. The summed E-state index contributed by atoms with van der Waals surface area (Å²) in [4.78, 5) is 16.6. The molecule has 2 fully saturated rings. The summed E-state index contributed by atoms with van der Waals surface area (Å²) in [6.45, 7) is 7.68. The van der Waals surface area contributed by atoms with E-state index in [4.69, 9.17) is 0 Å². The Morgan fingerprint density at radius 2 is 1.78 bits per heavy atom. The van der Waals surface area contributed by atoms with Gasteiger partial charge in [0.15, 0.2) is 0 Å². The number of anilines is 1. The van der Waals surface area contributed by atoms with Crippen LogP contribution in [0.1, 0.15) is 36.8 Å². The molecule has 4 heteroatoms. The van der Waals surface area contributed by atoms with E-state index in [0.29, 0.717) is 0 Å². The van der Waals surface area contributed by atoms with Gasteiger partial charge in [0.05, 0.1) is 0 Å². The molecule has 1 aliphatic heterocycles. The first-order valence-electron chi connectivity index (χ1n) is 8.69. The van der Waals surface area contributed by atoms with Crippen molar-refractivity contribution in [2.45, 2.75) is 39.5 Å². The Balaban J connectivity index is 1.54. The van der Waals surface area contributed by atoms with E-state index < -0.39 is 0 Å². The first-order chi connectivity index (χ1) is 11.1. The summed E-state index contributed by atoms with van der Waals surface area (Å²) in [5, 5.41) is 2.98. The molecule has 3 rings (SSSR count). The summed E-state index contributed by atoms with van der Waals surface area (Å²) in [6, 6.07) is 6.50. The van der Waals surface area contributed by atoms with E-state index >= 15 is 0 Å². The molecule has 0 aromatic heterocycles. The Morgan fingerprint density at radius 1 is 1.09 bits per heavy atom. The number of hydrogen-bond acceptors (Lipinski definition) is 2. The number of nitrogens with zero attached hydrogens (tertiary/aromatic N) is 2. The summed E-state index contributed by atoms with van der Waals surface area (Å²) < 4.78 is 0. The minimum Gasteiger partial charge on any atom is -0.368 e. The minimum atomic E-state index is 0.0463. The molecule has 2 amide bonds. The number of aryl methyl sites for hydroxylation is 1. The third-order valence-electron chi connectivity index (χ3n) is 5.13.